The standard InChI is InChI=1S/C18H18ClN3O4/c1-2-21-18(25)22-16(23)15(11-6-4-3-5-7-11)26-17(24)12-8-9-13(19)14(20)10-12/h3-10,15H,2,20H2,1H3,(H2,21,22,23,25). The molecule has 0 saturated carbocycles. The fourth-order valence-corrected chi connectivity index (χ4v) is 2.25. The van der Waals surface area contributed by atoms with Crippen molar-refractivity contribution in [2.45, 2.75) is 13.0 Å². The maximum atomic E-state index is 12.4. The summed E-state index contributed by atoms with van der Waals surface area (Å²) >= 11 is 5.84. The van der Waals surface area contributed by atoms with Crippen LogP contribution >= 0.6 is 11.6 Å². The molecule has 7 nitrogen and oxygen atoms in total. The van der Waals surface area contributed by atoms with Crippen LogP contribution < -0.4 is 16.4 Å². The van der Waals surface area contributed by atoms with Crippen LogP contribution in [0.25, 0.3) is 0 Å². The quantitative estimate of drug-likeness (QED) is 0.549. The number of esters is 1. The van der Waals surface area contributed by atoms with Crippen LogP contribution in [0, 0.1) is 0 Å². The number of benzene rings is 2. The zero-order chi connectivity index (χ0) is 19.1. The number of hydrogen-bond donors (Lipinski definition) is 3. The summed E-state index contributed by atoms with van der Waals surface area (Å²) in [6.07, 6.45) is -1.30. The number of carbonyl (C=O) groups excluding carboxylic acids is 3. The number of hydrogen-bond acceptors (Lipinski definition) is 5. The molecule has 0 aliphatic rings. The van der Waals surface area contributed by atoms with E-state index in [2.05, 4.69) is 10.6 Å². The Balaban J connectivity index is 2.23. The molecule has 2 aromatic carbocycles. The molecule has 136 valence electrons. The fourth-order valence-electron chi connectivity index (χ4n) is 2.13. The van der Waals surface area contributed by atoms with Gasteiger partial charge in [-0.2, -0.15) is 0 Å². The number of halogens is 1. The van der Waals surface area contributed by atoms with E-state index >= 15 is 0 Å². The summed E-state index contributed by atoms with van der Waals surface area (Å²) in [5.41, 5.74) is 6.46. The highest BCUT2D eigenvalue weighted by Crippen LogP contribution is 2.23. The van der Waals surface area contributed by atoms with Gasteiger partial charge in [-0.05, 0) is 25.1 Å². The largest absolute Gasteiger partial charge is 0.444 e. The first kappa shape index (κ1) is 19.3. The van der Waals surface area contributed by atoms with E-state index in [-0.39, 0.29) is 11.3 Å². The van der Waals surface area contributed by atoms with Crippen molar-refractivity contribution in [2.75, 3.05) is 12.3 Å². The van der Waals surface area contributed by atoms with Gasteiger partial charge in [0, 0.05) is 12.1 Å². The van der Waals surface area contributed by atoms with Gasteiger partial charge >= 0.3 is 12.0 Å². The number of rotatable bonds is 5. The second-order valence-electron chi connectivity index (χ2n) is 5.28. The number of anilines is 1. The van der Waals surface area contributed by atoms with Crippen molar-refractivity contribution >= 4 is 35.2 Å². The minimum Gasteiger partial charge on any atom is -0.444 e. The van der Waals surface area contributed by atoms with E-state index in [0.717, 1.165) is 0 Å². The van der Waals surface area contributed by atoms with E-state index in [1.165, 1.54) is 18.2 Å². The van der Waals surface area contributed by atoms with Crippen LogP contribution in [0.4, 0.5) is 10.5 Å². The summed E-state index contributed by atoms with van der Waals surface area (Å²) < 4.78 is 5.33. The lowest BCUT2D eigenvalue weighted by Crippen LogP contribution is -2.42. The normalized spacial score (nSPS) is 11.3. The predicted octanol–water partition coefficient (Wildman–Crippen LogP) is 2.67. The van der Waals surface area contributed by atoms with Crippen molar-refractivity contribution in [1.29, 1.82) is 0 Å². The topological polar surface area (TPSA) is 111 Å². The second-order valence-corrected chi connectivity index (χ2v) is 5.69. The molecule has 3 amide bonds. The van der Waals surface area contributed by atoms with Gasteiger partial charge < -0.3 is 15.8 Å². The molecule has 0 saturated heterocycles. The van der Waals surface area contributed by atoms with Gasteiger partial charge in [-0.3, -0.25) is 10.1 Å². The van der Waals surface area contributed by atoms with Crippen LogP contribution in [0.5, 0.6) is 0 Å². The Kier molecular flexibility index (Phi) is 6.57. The van der Waals surface area contributed by atoms with Crippen LogP contribution in [0.3, 0.4) is 0 Å². The monoisotopic (exact) mass is 375 g/mol. The Bertz CT molecular complexity index is 811. The molecule has 26 heavy (non-hydrogen) atoms. The zero-order valence-electron chi connectivity index (χ0n) is 14.0. The van der Waals surface area contributed by atoms with E-state index in [9.17, 15) is 14.4 Å². The zero-order valence-corrected chi connectivity index (χ0v) is 14.7. The van der Waals surface area contributed by atoms with Gasteiger partial charge in [-0.15, -0.1) is 0 Å². The van der Waals surface area contributed by atoms with E-state index in [1.54, 1.807) is 37.3 Å². The first-order chi connectivity index (χ1) is 12.4. The number of carbonyl (C=O) groups is 3. The van der Waals surface area contributed by atoms with Crippen molar-refractivity contribution in [3.05, 3.63) is 64.7 Å². The molecule has 0 heterocycles. The third-order valence-corrected chi connectivity index (χ3v) is 3.72. The molecule has 0 fully saturated rings. The lowest BCUT2D eigenvalue weighted by atomic mass is 10.1. The Hall–Kier alpha value is -3.06. The van der Waals surface area contributed by atoms with Gasteiger partial charge in [-0.25, -0.2) is 9.59 Å². The van der Waals surface area contributed by atoms with Crippen LogP contribution in [0.2, 0.25) is 5.02 Å². The number of nitrogen functional groups attached to an aromatic ring is 1. The number of ether oxygens (including phenoxy) is 1. The van der Waals surface area contributed by atoms with E-state index in [1.807, 2.05) is 0 Å². The van der Waals surface area contributed by atoms with Crippen LogP contribution in [-0.4, -0.2) is 24.5 Å². The molecule has 4 N–H and O–H groups in total. The van der Waals surface area contributed by atoms with Crippen molar-refractivity contribution in [3.8, 4) is 0 Å². The van der Waals surface area contributed by atoms with Gasteiger partial charge in [0.1, 0.15) is 0 Å². The maximum absolute atomic E-state index is 12.4. The average Bonchev–Trinajstić information content (AvgIpc) is 2.62. The van der Waals surface area contributed by atoms with Crippen molar-refractivity contribution in [1.82, 2.24) is 10.6 Å². The van der Waals surface area contributed by atoms with E-state index in [4.69, 9.17) is 22.1 Å². The Morgan fingerprint density at radius 1 is 1.15 bits per heavy atom. The minimum absolute atomic E-state index is 0.138. The molecule has 8 heteroatoms. The molecule has 0 aromatic heterocycles. The molecule has 1 unspecified atom stereocenters. The summed E-state index contributed by atoms with van der Waals surface area (Å²) in [7, 11) is 0. The average molecular weight is 376 g/mol. The smallest absolute Gasteiger partial charge is 0.339 e. The van der Waals surface area contributed by atoms with Gasteiger partial charge in [0.25, 0.3) is 5.91 Å². The van der Waals surface area contributed by atoms with Gasteiger partial charge in [0.05, 0.1) is 16.3 Å². The Morgan fingerprint density at radius 3 is 2.46 bits per heavy atom. The third-order valence-electron chi connectivity index (χ3n) is 3.37. The fraction of sp³-hybridized carbons (Fsp3) is 0.167. The molecule has 0 aliphatic heterocycles. The van der Waals surface area contributed by atoms with Gasteiger partial charge in [0.15, 0.2) is 0 Å². The first-order valence-electron chi connectivity index (χ1n) is 7.82. The van der Waals surface area contributed by atoms with Crippen molar-refractivity contribution < 1.29 is 19.1 Å². The highest BCUT2D eigenvalue weighted by Gasteiger charge is 2.27. The molecule has 0 radical (unpaired) electrons. The third kappa shape index (κ3) is 4.97. The van der Waals surface area contributed by atoms with Gasteiger partial charge in [-0.1, -0.05) is 41.9 Å². The van der Waals surface area contributed by atoms with Crippen molar-refractivity contribution in [2.24, 2.45) is 0 Å². The van der Waals surface area contributed by atoms with Crippen LogP contribution in [-0.2, 0) is 9.53 Å². The summed E-state index contributed by atoms with van der Waals surface area (Å²) in [4.78, 5) is 36.4. The van der Waals surface area contributed by atoms with Crippen molar-refractivity contribution in [3.63, 3.8) is 0 Å². The molecule has 0 bridgehead atoms. The SMILES string of the molecule is CCNC(=O)NC(=O)C(OC(=O)c1ccc(Cl)c(N)c1)c1ccccc1. The molecule has 2 rings (SSSR count). The van der Waals surface area contributed by atoms with Gasteiger partial charge in [0.2, 0.25) is 6.10 Å². The van der Waals surface area contributed by atoms with Crippen LogP contribution in [0.1, 0.15) is 28.9 Å². The summed E-state index contributed by atoms with van der Waals surface area (Å²) in [5, 5.41) is 4.88. The molecular formula is C18H18ClN3O4. The molecule has 2 aromatic rings. The maximum Gasteiger partial charge on any atom is 0.339 e. The highest BCUT2D eigenvalue weighted by atomic mass is 35.5. The summed E-state index contributed by atoms with van der Waals surface area (Å²) in [6.45, 7) is 2.06. The molecular weight excluding hydrogens is 358 g/mol. The number of urea groups is 1. The lowest BCUT2D eigenvalue weighted by molar-refractivity contribution is -0.129. The van der Waals surface area contributed by atoms with E-state index in [0.29, 0.717) is 17.1 Å². The number of nitrogens with one attached hydrogen (secondary N) is 2. The Morgan fingerprint density at radius 2 is 1.85 bits per heavy atom. The summed E-state index contributed by atoms with van der Waals surface area (Å²) in [6, 6.07) is 11.9. The molecule has 0 aliphatic carbocycles. The highest BCUT2D eigenvalue weighted by molar-refractivity contribution is 6.33. The Labute approximate surface area is 155 Å². The van der Waals surface area contributed by atoms with Crippen LogP contribution in [0.15, 0.2) is 48.5 Å². The molecule has 1 atom stereocenters. The number of imide groups is 1. The minimum atomic E-state index is -1.30. The predicted molar refractivity (Wildman–Crippen MR) is 97.7 cm³/mol. The summed E-state index contributed by atoms with van der Waals surface area (Å²) in [5.74, 6) is -1.54. The first-order valence-corrected chi connectivity index (χ1v) is 8.19. The molecule has 0 spiro atoms. The van der Waals surface area contributed by atoms with E-state index < -0.39 is 24.0 Å². The number of nitrogens with two attached hydrogens (primary N) is 1. The second kappa shape index (κ2) is 8.87. The lowest BCUT2D eigenvalue weighted by Gasteiger charge is -2.18. The number of amides is 3.